The smallest absolute Gasteiger partial charge is 0.330 e. The SMILES string of the molecule is C=CC(=O)OCC1=CSC(c2cccc(C3SC=C(COC(=O)C=C)S3)c2)S1. The lowest BCUT2D eigenvalue weighted by molar-refractivity contribution is -0.137. The van der Waals surface area contributed by atoms with Gasteiger partial charge in [0.2, 0.25) is 0 Å². The molecule has 28 heavy (non-hydrogen) atoms. The molecular formula is C20H18O4S4. The van der Waals surface area contributed by atoms with Crippen molar-refractivity contribution in [2.45, 2.75) is 9.16 Å². The maximum atomic E-state index is 11.2. The second kappa shape index (κ2) is 10.3. The molecule has 0 N–H and O–H groups in total. The van der Waals surface area contributed by atoms with Crippen molar-refractivity contribution in [3.05, 3.63) is 81.3 Å². The molecule has 0 fully saturated rings. The number of carbonyl (C=O) groups is 2. The molecule has 2 atom stereocenters. The van der Waals surface area contributed by atoms with Crippen molar-refractivity contribution in [1.82, 2.24) is 0 Å². The molecule has 0 radical (unpaired) electrons. The van der Waals surface area contributed by atoms with Crippen LogP contribution in [0.3, 0.4) is 0 Å². The molecule has 2 unspecified atom stereocenters. The van der Waals surface area contributed by atoms with Gasteiger partial charge in [0.1, 0.15) is 13.2 Å². The zero-order chi connectivity index (χ0) is 19.9. The molecule has 2 aliphatic heterocycles. The summed E-state index contributed by atoms with van der Waals surface area (Å²) in [6.07, 6.45) is 2.34. The van der Waals surface area contributed by atoms with Gasteiger partial charge in [-0.1, -0.05) is 37.4 Å². The minimum atomic E-state index is -0.408. The van der Waals surface area contributed by atoms with Gasteiger partial charge in [0, 0.05) is 22.0 Å². The highest BCUT2D eigenvalue weighted by atomic mass is 32.2. The van der Waals surface area contributed by atoms with Crippen LogP contribution >= 0.6 is 47.0 Å². The standard InChI is InChI=1S/C20H18O4S4/c1-3-17(21)23-9-15-11-25-19(27-15)13-6-5-7-14(8-13)20-26-12-16(28-20)10-24-18(22)4-2/h3-8,11-12,19-20H,1-2,9-10H2. The van der Waals surface area contributed by atoms with Crippen molar-refractivity contribution >= 4 is 59.0 Å². The van der Waals surface area contributed by atoms with Crippen LogP contribution in [0.4, 0.5) is 0 Å². The minimum Gasteiger partial charge on any atom is -0.457 e. The fraction of sp³-hybridized carbons (Fsp3) is 0.200. The molecule has 1 aromatic rings. The lowest BCUT2D eigenvalue weighted by Crippen LogP contribution is -2.02. The Morgan fingerprint density at radius 3 is 1.79 bits per heavy atom. The van der Waals surface area contributed by atoms with Crippen molar-refractivity contribution in [2.24, 2.45) is 0 Å². The largest absolute Gasteiger partial charge is 0.457 e. The Morgan fingerprint density at radius 2 is 1.36 bits per heavy atom. The zero-order valence-electron chi connectivity index (χ0n) is 14.9. The number of carbonyl (C=O) groups excluding carboxylic acids is 2. The zero-order valence-corrected chi connectivity index (χ0v) is 18.1. The first-order valence-electron chi connectivity index (χ1n) is 8.29. The number of rotatable bonds is 8. The fourth-order valence-electron chi connectivity index (χ4n) is 2.35. The molecule has 8 heteroatoms. The molecule has 146 valence electrons. The van der Waals surface area contributed by atoms with Gasteiger partial charge in [-0.25, -0.2) is 9.59 Å². The molecule has 3 rings (SSSR count). The van der Waals surface area contributed by atoms with Gasteiger partial charge in [0.05, 0.1) is 9.16 Å². The van der Waals surface area contributed by atoms with Crippen molar-refractivity contribution in [1.29, 1.82) is 0 Å². The predicted octanol–water partition coefficient (Wildman–Crippen LogP) is 5.79. The van der Waals surface area contributed by atoms with E-state index in [2.05, 4.69) is 37.4 Å². The summed E-state index contributed by atoms with van der Waals surface area (Å²) in [6, 6.07) is 8.52. The molecule has 0 saturated heterocycles. The highest BCUT2D eigenvalue weighted by molar-refractivity contribution is 8.22. The van der Waals surface area contributed by atoms with Crippen LogP contribution in [0.1, 0.15) is 20.3 Å². The van der Waals surface area contributed by atoms with Gasteiger partial charge in [-0.2, -0.15) is 0 Å². The maximum Gasteiger partial charge on any atom is 0.330 e. The van der Waals surface area contributed by atoms with Crippen LogP contribution in [-0.4, -0.2) is 25.2 Å². The van der Waals surface area contributed by atoms with E-state index in [4.69, 9.17) is 9.47 Å². The van der Waals surface area contributed by atoms with Crippen molar-refractivity contribution in [3.8, 4) is 0 Å². The third kappa shape index (κ3) is 5.76. The monoisotopic (exact) mass is 450 g/mol. The van der Waals surface area contributed by atoms with Gasteiger partial charge in [0.25, 0.3) is 0 Å². The number of hydrogen-bond acceptors (Lipinski definition) is 8. The Morgan fingerprint density at radius 1 is 0.893 bits per heavy atom. The van der Waals surface area contributed by atoms with Gasteiger partial charge >= 0.3 is 11.9 Å². The van der Waals surface area contributed by atoms with E-state index in [1.54, 1.807) is 47.0 Å². The molecule has 0 saturated carbocycles. The number of esters is 2. The maximum absolute atomic E-state index is 11.2. The highest BCUT2D eigenvalue weighted by Crippen LogP contribution is 2.54. The lowest BCUT2D eigenvalue weighted by atomic mass is 10.1. The van der Waals surface area contributed by atoms with Gasteiger partial charge in [0.15, 0.2) is 0 Å². The molecule has 4 nitrogen and oxygen atoms in total. The van der Waals surface area contributed by atoms with Crippen molar-refractivity contribution in [3.63, 3.8) is 0 Å². The van der Waals surface area contributed by atoms with E-state index >= 15 is 0 Å². The van der Waals surface area contributed by atoms with Gasteiger partial charge in [-0.05, 0) is 21.9 Å². The summed E-state index contributed by atoms with van der Waals surface area (Å²) in [6.45, 7) is 7.37. The van der Waals surface area contributed by atoms with Crippen LogP contribution in [0, 0.1) is 0 Å². The molecule has 0 spiro atoms. The number of benzene rings is 1. The number of thioether (sulfide) groups is 4. The second-order valence-electron chi connectivity index (χ2n) is 5.63. The Balaban J connectivity index is 1.54. The fourth-order valence-corrected chi connectivity index (χ4v) is 7.31. The Labute approximate surface area is 181 Å². The molecule has 0 aromatic heterocycles. The number of hydrogen-bond donors (Lipinski definition) is 0. The van der Waals surface area contributed by atoms with Crippen LogP contribution < -0.4 is 0 Å². The first-order chi connectivity index (χ1) is 13.6. The Hall–Kier alpha value is -1.48. The van der Waals surface area contributed by atoms with Gasteiger partial charge in [-0.3, -0.25) is 0 Å². The summed E-state index contributed by atoms with van der Waals surface area (Å²) in [5, 5.41) is 4.09. The van der Waals surface area contributed by atoms with E-state index in [0.717, 1.165) is 9.81 Å². The summed E-state index contributed by atoms with van der Waals surface area (Å²) < 4.78 is 10.7. The lowest BCUT2D eigenvalue weighted by Gasteiger charge is -2.14. The molecule has 2 aliphatic rings. The first-order valence-corrected chi connectivity index (χ1v) is 11.9. The van der Waals surface area contributed by atoms with E-state index in [-0.39, 0.29) is 22.4 Å². The second-order valence-corrected chi connectivity index (χ2v) is 10.7. The molecule has 0 aliphatic carbocycles. The van der Waals surface area contributed by atoms with Crippen LogP contribution in [0.5, 0.6) is 0 Å². The van der Waals surface area contributed by atoms with Crippen LogP contribution in [0.2, 0.25) is 0 Å². The predicted molar refractivity (Wildman–Crippen MR) is 121 cm³/mol. The highest BCUT2D eigenvalue weighted by Gasteiger charge is 2.25. The summed E-state index contributed by atoms with van der Waals surface area (Å²) in [5.74, 6) is -0.816. The Bertz CT molecular complexity index is 781. The third-order valence-corrected chi connectivity index (χ3v) is 9.14. The van der Waals surface area contributed by atoms with Crippen LogP contribution in [0.25, 0.3) is 0 Å². The van der Waals surface area contributed by atoms with Crippen molar-refractivity contribution in [2.75, 3.05) is 13.2 Å². The summed E-state index contributed by atoms with van der Waals surface area (Å²) in [4.78, 5) is 24.5. The topological polar surface area (TPSA) is 52.6 Å². The van der Waals surface area contributed by atoms with E-state index < -0.39 is 11.9 Å². The Kier molecular flexibility index (Phi) is 7.84. The summed E-state index contributed by atoms with van der Waals surface area (Å²) >= 11 is 6.84. The molecule has 0 amide bonds. The minimum absolute atomic E-state index is 0.245. The molecule has 2 heterocycles. The van der Waals surface area contributed by atoms with Gasteiger partial charge in [-0.15, -0.1) is 47.0 Å². The van der Waals surface area contributed by atoms with E-state index in [1.807, 2.05) is 10.8 Å². The van der Waals surface area contributed by atoms with Crippen molar-refractivity contribution < 1.29 is 19.1 Å². The van der Waals surface area contributed by atoms with Gasteiger partial charge < -0.3 is 9.47 Å². The van der Waals surface area contributed by atoms with Crippen LogP contribution in [-0.2, 0) is 19.1 Å². The van der Waals surface area contributed by atoms with E-state index in [1.165, 1.54) is 23.3 Å². The first kappa shape index (κ1) is 21.2. The average molecular weight is 451 g/mol. The van der Waals surface area contributed by atoms with Crippen LogP contribution in [0.15, 0.2) is 70.2 Å². The summed E-state index contributed by atoms with van der Waals surface area (Å²) in [7, 11) is 0. The van der Waals surface area contributed by atoms with E-state index in [9.17, 15) is 9.59 Å². The normalized spacial score (nSPS) is 20.9. The quantitative estimate of drug-likeness (QED) is 0.365. The summed E-state index contributed by atoms with van der Waals surface area (Å²) in [5.41, 5.74) is 2.45. The number of ether oxygens (including phenoxy) is 2. The van der Waals surface area contributed by atoms with E-state index in [0.29, 0.717) is 0 Å². The third-order valence-electron chi connectivity index (χ3n) is 3.66. The molecule has 0 bridgehead atoms. The average Bonchev–Trinajstić information content (AvgIpc) is 3.40. The molecular weight excluding hydrogens is 432 g/mol. The molecule has 1 aromatic carbocycles.